The van der Waals surface area contributed by atoms with Gasteiger partial charge in [0.15, 0.2) is 0 Å². The van der Waals surface area contributed by atoms with Gasteiger partial charge in [0.05, 0.1) is 32.5 Å². The molecule has 0 aromatic heterocycles. The molecule has 1 aromatic rings. The Morgan fingerprint density at radius 3 is 2.44 bits per heavy atom. The molecule has 0 bridgehead atoms. The Kier molecular flexibility index (Phi) is 7.41. The maximum absolute atomic E-state index is 5.54. The van der Waals surface area contributed by atoms with E-state index in [1.807, 2.05) is 26.1 Å². The van der Waals surface area contributed by atoms with Crippen LogP contribution in [0.3, 0.4) is 0 Å². The van der Waals surface area contributed by atoms with E-state index >= 15 is 0 Å². The summed E-state index contributed by atoms with van der Waals surface area (Å²) in [4.78, 5) is 0. The van der Waals surface area contributed by atoms with Crippen LogP contribution in [0, 0.1) is 0 Å². The van der Waals surface area contributed by atoms with Gasteiger partial charge in [0.1, 0.15) is 5.75 Å². The van der Waals surface area contributed by atoms with Gasteiger partial charge in [-0.25, -0.2) is 0 Å². The van der Waals surface area contributed by atoms with E-state index in [0.717, 1.165) is 5.75 Å². The molecule has 0 radical (unpaired) electrons. The minimum atomic E-state index is 0.192. The second-order valence-electron chi connectivity index (χ2n) is 3.91. The van der Waals surface area contributed by atoms with Crippen LogP contribution >= 0.6 is 0 Å². The highest BCUT2D eigenvalue weighted by atomic mass is 16.5. The molecule has 1 rings (SSSR count). The third kappa shape index (κ3) is 5.04. The highest BCUT2D eigenvalue weighted by molar-refractivity contribution is 5.29. The molecule has 0 heterocycles. The van der Waals surface area contributed by atoms with Crippen LogP contribution in [0.15, 0.2) is 24.3 Å². The fourth-order valence-electron chi connectivity index (χ4n) is 1.65. The molecule has 4 heteroatoms. The number of likely N-dealkylation sites (N-methyl/N-ethyl adjacent to an activating group) is 1. The summed E-state index contributed by atoms with van der Waals surface area (Å²) in [6, 6.07) is 8.28. The van der Waals surface area contributed by atoms with Crippen molar-refractivity contribution >= 4 is 0 Å². The van der Waals surface area contributed by atoms with Crippen LogP contribution in [-0.4, -0.2) is 40.6 Å². The molecule has 1 unspecified atom stereocenters. The predicted octanol–water partition coefficient (Wildman–Crippen LogP) is 2.01. The van der Waals surface area contributed by atoms with Gasteiger partial charge < -0.3 is 19.5 Å². The van der Waals surface area contributed by atoms with Crippen molar-refractivity contribution in [1.29, 1.82) is 0 Å². The Balaban J connectivity index is 2.48. The number of ether oxygens (including phenoxy) is 3. The summed E-state index contributed by atoms with van der Waals surface area (Å²) in [5.74, 6) is 0.899. The monoisotopic (exact) mass is 253 g/mol. The van der Waals surface area contributed by atoms with Gasteiger partial charge in [0.25, 0.3) is 0 Å². The molecule has 102 valence electrons. The first-order valence-electron chi connectivity index (χ1n) is 6.28. The molecule has 1 N–H and O–H groups in total. The fraction of sp³-hybridized carbons (Fsp3) is 0.571. The van der Waals surface area contributed by atoms with E-state index in [9.17, 15) is 0 Å². The summed E-state index contributed by atoms with van der Waals surface area (Å²) in [5, 5.41) is 3.24. The lowest BCUT2D eigenvalue weighted by molar-refractivity contribution is 0.0596. The van der Waals surface area contributed by atoms with Gasteiger partial charge in [-0.05, 0) is 31.7 Å². The SMILES string of the molecule is CCOc1ccc(C(COCCOC)NC)cc1. The third-order valence-corrected chi connectivity index (χ3v) is 2.66. The maximum atomic E-state index is 5.54. The second kappa shape index (κ2) is 8.91. The van der Waals surface area contributed by atoms with Crippen LogP contribution in [0.4, 0.5) is 0 Å². The Morgan fingerprint density at radius 1 is 1.17 bits per heavy atom. The van der Waals surface area contributed by atoms with Crippen LogP contribution in [0.1, 0.15) is 18.5 Å². The van der Waals surface area contributed by atoms with Gasteiger partial charge in [-0.15, -0.1) is 0 Å². The summed E-state index contributed by atoms with van der Waals surface area (Å²) in [7, 11) is 3.60. The molecule has 0 amide bonds. The summed E-state index contributed by atoms with van der Waals surface area (Å²) >= 11 is 0. The number of benzene rings is 1. The molecule has 0 aliphatic heterocycles. The first kappa shape index (κ1) is 15.0. The van der Waals surface area contributed by atoms with Crippen LogP contribution in [-0.2, 0) is 9.47 Å². The summed E-state index contributed by atoms with van der Waals surface area (Å²) in [6.07, 6.45) is 0. The van der Waals surface area contributed by atoms with Crippen LogP contribution < -0.4 is 10.1 Å². The predicted molar refractivity (Wildman–Crippen MR) is 72.1 cm³/mol. The van der Waals surface area contributed by atoms with Crippen LogP contribution in [0.5, 0.6) is 5.75 Å². The molecule has 18 heavy (non-hydrogen) atoms. The van der Waals surface area contributed by atoms with Crippen molar-refractivity contribution in [3.8, 4) is 5.75 Å². The van der Waals surface area contributed by atoms with Crippen molar-refractivity contribution in [3.63, 3.8) is 0 Å². The van der Waals surface area contributed by atoms with Gasteiger partial charge in [-0.2, -0.15) is 0 Å². The fourth-order valence-corrected chi connectivity index (χ4v) is 1.65. The van der Waals surface area contributed by atoms with Crippen molar-refractivity contribution in [2.24, 2.45) is 0 Å². The van der Waals surface area contributed by atoms with Gasteiger partial charge in [0.2, 0.25) is 0 Å². The molecule has 4 nitrogen and oxygen atoms in total. The van der Waals surface area contributed by atoms with Crippen LogP contribution in [0.2, 0.25) is 0 Å². The van der Waals surface area contributed by atoms with E-state index in [-0.39, 0.29) is 6.04 Å². The lowest BCUT2D eigenvalue weighted by Gasteiger charge is -2.17. The zero-order chi connectivity index (χ0) is 13.2. The molecular weight excluding hydrogens is 230 g/mol. The molecular formula is C14H23NO3. The number of methoxy groups -OCH3 is 1. The van der Waals surface area contributed by atoms with Crippen molar-refractivity contribution in [1.82, 2.24) is 5.32 Å². The van der Waals surface area contributed by atoms with E-state index in [0.29, 0.717) is 26.4 Å². The molecule has 0 saturated carbocycles. The zero-order valence-electron chi connectivity index (χ0n) is 11.4. The van der Waals surface area contributed by atoms with Crippen molar-refractivity contribution in [3.05, 3.63) is 29.8 Å². The first-order chi connectivity index (χ1) is 8.81. The standard InChI is InChI=1S/C14H23NO3/c1-4-18-13-7-5-12(6-8-13)14(15-2)11-17-10-9-16-3/h5-8,14-15H,4,9-11H2,1-3H3. The highest BCUT2D eigenvalue weighted by Crippen LogP contribution is 2.18. The molecule has 1 atom stereocenters. The lowest BCUT2D eigenvalue weighted by atomic mass is 10.1. The molecule has 0 spiro atoms. The normalized spacial score (nSPS) is 12.4. The summed E-state index contributed by atoms with van der Waals surface area (Å²) in [5.41, 5.74) is 1.19. The summed E-state index contributed by atoms with van der Waals surface area (Å²) in [6.45, 7) is 4.54. The minimum absolute atomic E-state index is 0.192. The number of hydrogen-bond acceptors (Lipinski definition) is 4. The van der Waals surface area contributed by atoms with E-state index in [1.54, 1.807) is 7.11 Å². The average molecular weight is 253 g/mol. The average Bonchev–Trinajstić information content (AvgIpc) is 2.41. The largest absolute Gasteiger partial charge is 0.494 e. The molecule has 0 saturated heterocycles. The smallest absolute Gasteiger partial charge is 0.119 e. The van der Waals surface area contributed by atoms with Crippen molar-refractivity contribution in [2.45, 2.75) is 13.0 Å². The van der Waals surface area contributed by atoms with Gasteiger partial charge >= 0.3 is 0 Å². The third-order valence-electron chi connectivity index (χ3n) is 2.66. The maximum Gasteiger partial charge on any atom is 0.119 e. The quantitative estimate of drug-likeness (QED) is 0.683. The second-order valence-corrected chi connectivity index (χ2v) is 3.91. The van der Waals surface area contributed by atoms with Crippen molar-refractivity contribution < 1.29 is 14.2 Å². The Labute approximate surface area is 109 Å². The van der Waals surface area contributed by atoms with E-state index < -0.39 is 0 Å². The first-order valence-corrected chi connectivity index (χ1v) is 6.28. The minimum Gasteiger partial charge on any atom is -0.494 e. The number of rotatable bonds is 9. The van der Waals surface area contributed by atoms with Gasteiger partial charge in [-0.1, -0.05) is 12.1 Å². The Bertz CT molecular complexity index is 313. The Hall–Kier alpha value is -1.10. The van der Waals surface area contributed by atoms with E-state index in [2.05, 4.69) is 17.4 Å². The molecule has 0 fully saturated rings. The highest BCUT2D eigenvalue weighted by Gasteiger charge is 2.09. The topological polar surface area (TPSA) is 39.7 Å². The van der Waals surface area contributed by atoms with E-state index in [1.165, 1.54) is 5.56 Å². The van der Waals surface area contributed by atoms with Crippen molar-refractivity contribution in [2.75, 3.05) is 40.6 Å². The van der Waals surface area contributed by atoms with E-state index in [4.69, 9.17) is 14.2 Å². The van der Waals surface area contributed by atoms with Crippen LogP contribution in [0.25, 0.3) is 0 Å². The molecule has 0 aliphatic rings. The zero-order valence-corrected chi connectivity index (χ0v) is 11.4. The van der Waals surface area contributed by atoms with Gasteiger partial charge in [-0.3, -0.25) is 0 Å². The molecule has 1 aromatic carbocycles. The summed E-state index contributed by atoms with van der Waals surface area (Å²) < 4.78 is 15.9. The lowest BCUT2D eigenvalue weighted by Crippen LogP contribution is -2.22. The molecule has 0 aliphatic carbocycles. The van der Waals surface area contributed by atoms with Gasteiger partial charge in [0, 0.05) is 7.11 Å². The Morgan fingerprint density at radius 2 is 1.89 bits per heavy atom. The number of hydrogen-bond donors (Lipinski definition) is 1. The number of nitrogens with one attached hydrogen (secondary N) is 1.